The van der Waals surface area contributed by atoms with Gasteiger partial charge in [0, 0.05) is 16.7 Å². The Hall–Kier alpha value is -2.75. The molecule has 0 unspecified atom stereocenters. The molecule has 104 valence electrons. The highest BCUT2D eigenvalue weighted by molar-refractivity contribution is 6.46. The Morgan fingerprint density at radius 2 is 1.76 bits per heavy atom. The fourth-order valence-electron chi connectivity index (χ4n) is 2.50. The molecule has 0 heterocycles. The van der Waals surface area contributed by atoms with Gasteiger partial charge in [0.25, 0.3) is 0 Å². The van der Waals surface area contributed by atoms with Gasteiger partial charge in [0.05, 0.1) is 7.11 Å². The van der Waals surface area contributed by atoms with Crippen LogP contribution < -0.4 is 4.74 Å². The zero-order valence-corrected chi connectivity index (χ0v) is 11.2. The van der Waals surface area contributed by atoms with Crippen LogP contribution in [-0.4, -0.2) is 19.2 Å². The standard InChI is InChI=1S/C17H11FO3/c1-21-12-5-2-10(3-6-12)16-15(9-19)13-7-4-11(18)8-14(13)17(16)20/h2-9H,1H3. The van der Waals surface area contributed by atoms with Crippen molar-refractivity contribution in [3.8, 4) is 5.75 Å². The van der Waals surface area contributed by atoms with Gasteiger partial charge < -0.3 is 4.74 Å². The number of fused-ring (bicyclic) bond motifs is 1. The molecule has 0 aromatic heterocycles. The van der Waals surface area contributed by atoms with Crippen molar-refractivity contribution in [1.29, 1.82) is 0 Å². The summed E-state index contributed by atoms with van der Waals surface area (Å²) in [6.45, 7) is 0. The third-order valence-corrected chi connectivity index (χ3v) is 3.51. The first-order valence-electron chi connectivity index (χ1n) is 6.34. The highest BCUT2D eigenvalue weighted by Gasteiger charge is 2.30. The second-order valence-corrected chi connectivity index (χ2v) is 4.65. The van der Waals surface area contributed by atoms with Crippen molar-refractivity contribution in [2.24, 2.45) is 0 Å². The predicted octanol–water partition coefficient (Wildman–Crippen LogP) is 3.14. The van der Waals surface area contributed by atoms with Crippen LogP contribution in [0.2, 0.25) is 0 Å². The molecule has 4 heteroatoms. The fraction of sp³-hybridized carbons (Fsp3) is 0.0588. The number of ketones is 1. The minimum Gasteiger partial charge on any atom is -0.497 e. The number of carbonyl (C=O) groups excluding carboxylic acids is 2. The Bertz CT molecular complexity index is 773. The van der Waals surface area contributed by atoms with Gasteiger partial charge in [-0.25, -0.2) is 4.39 Å². The first-order valence-corrected chi connectivity index (χ1v) is 6.34. The molecule has 0 N–H and O–H groups in total. The van der Waals surface area contributed by atoms with Crippen LogP contribution in [0.1, 0.15) is 21.5 Å². The number of rotatable bonds is 3. The van der Waals surface area contributed by atoms with Crippen molar-refractivity contribution in [2.75, 3.05) is 7.11 Å². The molecule has 0 saturated heterocycles. The molecule has 1 aliphatic carbocycles. The molecule has 3 nitrogen and oxygen atoms in total. The number of methoxy groups -OCH3 is 1. The van der Waals surface area contributed by atoms with Crippen molar-refractivity contribution in [3.05, 3.63) is 65.0 Å². The van der Waals surface area contributed by atoms with E-state index in [1.807, 2.05) is 0 Å². The van der Waals surface area contributed by atoms with E-state index in [4.69, 9.17) is 4.74 Å². The van der Waals surface area contributed by atoms with Crippen LogP contribution >= 0.6 is 0 Å². The van der Waals surface area contributed by atoms with Gasteiger partial charge in [-0.05, 0) is 35.4 Å². The van der Waals surface area contributed by atoms with E-state index < -0.39 is 5.82 Å². The van der Waals surface area contributed by atoms with E-state index in [0.717, 1.165) is 6.07 Å². The number of hydrogen-bond acceptors (Lipinski definition) is 3. The van der Waals surface area contributed by atoms with Crippen molar-refractivity contribution in [1.82, 2.24) is 0 Å². The van der Waals surface area contributed by atoms with Crippen LogP contribution in [-0.2, 0) is 4.79 Å². The molecule has 0 aliphatic heterocycles. The van der Waals surface area contributed by atoms with Crippen molar-refractivity contribution < 1.29 is 18.7 Å². The van der Waals surface area contributed by atoms with Gasteiger partial charge in [-0.3, -0.25) is 9.59 Å². The summed E-state index contributed by atoms with van der Waals surface area (Å²) in [6, 6.07) is 10.7. The topological polar surface area (TPSA) is 43.4 Å². The molecule has 2 aromatic rings. The van der Waals surface area contributed by atoms with Crippen LogP contribution in [0.15, 0.2) is 42.5 Å². The summed E-state index contributed by atoms with van der Waals surface area (Å²) in [5.41, 5.74) is 1.90. The molecule has 2 aromatic carbocycles. The lowest BCUT2D eigenvalue weighted by Gasteiger charge is -2.04. The summed E-state index contributed by atoms with van der Waals surface area (Å²) >= 11 is 0. The number of aldehydes is 1. The van der Waals surface area contributed by atoms with E-state index in [-0.39, 0.29) is 11.3 Å². The minimum atomic E-state index is -0.497. The number of hydrogen-bond donors (Lipinski definition) is 0. The maximum Gasteiger partial charge on any atom is 0.195 e. The number of carbonyl (C=O) groups is 2. The third-order valence-electron chi connectivity index (χ3n) is 3.51. The summed E-state index contributed by atoms with van der Waals surface area (Å²) in [5.74, 6) is -0.180. The third kappa shape index (κ3) is 2.05. The van der Waals surface area contributed by atoms with Crippen LogP contribution in [0.25, 0.3) is 11.1 Å². The van der Waals surface area contributed by atoms with E-state index in [1.54, 1.807) is 31.4 Å². The Kier molecular flexibility index (Phi) is 3.14. The van der Waals surface area contributed by atoms with Gasteiger partial charge in [-0.1, -0.05) is 18.2 Å². The summed E-state index contributed by atoms with van der Waals surface area (Å²) in [7, 11) is 1.55. The van der Waals surface area contributed by atoms with E-state index in [9.17, 15) is 14.0 Å². The lowest BCUT2D eigenvalue weighted by atomic mass is 10.0. The summed E-state index contributed by atoms with van der Waals surface area (Å²) in [5, 5.41) is 0. The number of ether oxygens (including phenoxy) is 1. The van der Waals surface area contributed by atoms with Crippen LogP contribution in [0.3, 0.4) is 0 Å². The molecule has 0 bridgehead atoms. The summed E-state index contributed by atoms with van der Waals surface area (Å²) in [6.07, 6.45) is 0.640. The molecule has 1 aliphatic rings. The first kappa shape index (κ1) is 13.2. The Labute approximate surface area is 120 Å². The van der Waals surface area contributed by atoms with E-state index >= 15 is 0 Å². The molecule has 0 atom stereocenters. The Morgan fingerprint density at radius 1 is 1.05 bits per heavy atom. The zero-order valence-electron chi connectivity index (χ0n) is 11.2. The number of benzene rings is 2. The summed E-state index contributed by atoms with van der Waals surface area (Å²) < 4.78 is 18.4. The average molecular weight is 282 g/mol. The van der Waals surface area contributed by atoms with Crippen molar-refractivity contribution >= 4 is 23.2 Å². The van der Waals surface area contributed by atoms with Gasteiger partial charge in [0.15, 0.2) is 12.1 Å². The van der Waals surface area contributed by atoms with Gasteiger partial charge in [-0.2, -0.15) is 0 Å². The largest absolute Gasteiger partial charge is 0.497 e. The molecular formula is C17H11FO3. The SMILES string of the molecule is COc1ccc(C2=C(C=O)c3ccc(F)cc3C2=O)cc1. The zero-order chi connectivity index (χ0) is 15.0. The normalized spacial score (nSPS) is 13.3. The second kappa shape index (κ2) is 4.98. The Balaban J connectivity index is 2.17. The number of Topliss-reactive ketones (excluding diaryl/α,β-unsaturated/α-hetero) is 1. The quantitative estimate of drug-likeness (QED) is 0.812. The van der Waals surface area contributed by atoms with Gasteiger partial charge >= 0.3 is 0 Å². The minimum absolute atomic E-state index is 0.225. The maximum absolute atomic E-state index is 13.3. The molecule has 0 radical (unpaired) electrons. The lowest BCUT2D eigenvalue weighted by Crippen LogP contribution is -1.99. The van der Waals surface area contributed by atoms with Crippen molar-refractivity contribution in [3.63, 3.8) is 0 Å². The Morgan fingerprint density at radius 3 is 2.38 bits per heavy atom. The smallest absolute Gasteiger partial charge is 0.195 e. The number of halogens is 1. The average Bonchev–Trinajstić information content (AvgIpc) is 2.79. The predicted molar refractivity (Wildman–Crippen MR) is 76.6 cm³/mol. The molecule has 3 rings (SSSR count). The summed E-state index contributed by atoms with van der Waals surface area (Å²) in [4.78, 5) is 23.8. The molecule has 21 heavy (non-hydrogen) atoms. The molecular weight excluding hydrogens is 271 g/mol. The van der Waals surface area contributed by atoms with Gasteiger partial charge in [-0.15, -0.1) is 0 Å². The molecule has 0 saturated carbocycles. The van der Waals surface area contributed by atoms with Gasteiger partial charge in [0.1, 0.15) is 11.6 Å². The molecule has 0 spiro atoms. The second-order valence-electron chi connectivity index (χ2n) is 4.65. The maximum atomic E-state index is 13.3. The van der Waals surface area contributed by atoms with Crippen LogP contribution in [0, 0.1) is 5.82 Å². The van der Waals surface area contributed by atoms with E-state index in [2.05, 4.69) is 0 Å². The van der Waals surface area contributed by atoms with E-state index in [0.29, 0.717) is 34.3 Å². The monoisotopic (exact) mass is 282 g/mol. The van der Waals surface area contributed by atoms with Crippen LogP contribution in [0.5, 0.6) is 5.75 Å². The highest BCUT2D eigenvalue weighted by Crippen LogP contribution is 2.37. The van der Waals surface area contributed by atoms with Crippen LogP contribution in [0.4, 0.5) is 4.39 Å². The van der Waals surface area contributed by atoms with Crippen molar-refractivity contribution in [2.45, 2.75) is 0 Å². The molecule has 0 amide bonds. The number of allylic oxidation sites excluding steroid dienone is 2. The van der Waals surface area contributed by atoms with E-state index in [1.165, 1.54) is 12.1 Å². The first-order chi connectivity index (χ1) is 10.2. The molecule has 0 fully saturated rings. The fourth-order valence-corrected chi connectivity index (χ4v) is 2.50. The lowest BCUT2D eigenvalue weighted by molar-refractivity contribution is -0.103. The van der Waals surface area contributed by atoms with Gasteiger partial charge in [0.2, 0.25) is 0 Å². The highest BCUT2D eigenvalue weighted by atomic mass is 19.1.